The molecule has 0 aliphatic rings. The molecule has 1 rings (SSSR count). The van der Waals surface area contributed by atoms with Gasteiger partial charge in [0.15, 0.2) is 0 Å². The SMILES string of the molecule is C=Cc1ncc(C(C)(C)C)s1. The first-order chi connectivity index (χ1) is 5.04. The molecule has 0 unspecified atom stereocenters. The van der Waals surface area contributed by atoms with Crippen LogP contribution >= 0.6 is 11.3 Å². The molecule has 0 fully saturated rings. The average Bonchev–Trinajstić information content (AvgIpc) is 2.32. The highest BCUT2D eigenvalue weighted by molar-refractivity contribution is 7.12. The van der Waals surface area contributed by atoms with Crippen LogP contribution in [0.25, 0.3) is 6.08 Å². The third-order valence-corrected chi connectivity index (χ3v) is 2.86. The Morgan fingerprint density at radius 3 is 2.45 bits per heavy atom. The third-order valence-electron chi connectivity index (χ3n) is 1.44. The Labute approximate surface area is 71.8 Å². The van der Waals surface area contributed by atoms with E-state index in [9.17, 15) is 0 Å². The zero-order valence-corrected chi connectivity index (χ0v) is 8.03. The molecule has 0 atom stereocenters. The molecule has 0 spiro atoms. The Hall–Kier alpha value is -0.630. The number of thiazole rings is 1. The number of nitrogens with zero attached hydrogens (tertiary/aromatic N) is 1. The van der Waals surface area contributed by atoms with Gasteiger partial charge in [0.05, 0.1) is 0 Å². The van der Waals surface area contributed by atoms with Crippen molar-refractivity contribution in [3.8, 4) is 0 Å². The molecule has 1 heterocycles. The van der Waals surface area contributed by atoms with Crippen LogP contribution in [0.3, 0.4) is 0 Å². The highest BCUT2D eigenvalue weighted by atomic mass is 32.1. The molecule has 0 radical (unpaired) electrons. The topological polar surface area (TPSA) is 12.9 Å². The highest BCUT2D eigenvalue weighted by Crippen LogP contribution is 2.27. The predicted molar refractivity (Wildman–Crippen MR) is 50.9 cm³/mol. The van der Waals surface area contributed by atoms with E-state index < -0.39 is 0 Å². The lowest BCUT2D eigenvalue weighted by molar-refractivity contribution is 0.602. The van der Waals surface area contributed by atoms with E-state index in [-0.39, 0.29) is 5.41 Å². The number of rotatable bonds is 1. The fourth-order valence-corrected chi connectivity index (χ4v) is 1.55. The molecule has 0 saturated carbocycles. The van der Waals surface area contributed by atoms with Crippen molar-refractivity contribution < 1.29 is 0 Å². The van der Waals surface area contributed by atoms with E-state index in [2.05, 4.69) is 32.3 Å². The van der Waals surface area contributed by atoms with Crippen LogP contribution in [0.2, 0.25) is 0 Å². The van der Waals surface area contributed by atoms with Gasteiger partial charge in [0.1, 0.15) is 5.01 Å². The second kappa shape index (κ2) is 2.78. The maximum absolute atomic E-state index is 4.20. The summed E-state index contributed by atoms with van der Waals surface area (Å²) in [6.07, 6.45) is 3.72. The molecule has 0 bridgehead atoms. The lowest BCUT2D eigenvalue weighted by Gasteiger charge is -2.14. The normalized spacial score (nSPS) is 11.5. The van der Waals surface area contributed by atoms with E-state index in [0.717, 1.165) is 5.01 Å². The molecule has 1 aromatic heterocycles. The van der Waals surface area contributed by atoms with Gasteiger partial charge in [-0.1, -0.05) is 27.4 Å². The fourth-order valence-electron chi connectivity index (χ4n) is 0.729. The van der Waals surface area contributed by atoms with Gasteiger partial charge < -0.3 is 0 Å². The molecule has 60 valence electrons. The molecule has 0 saturated heterocycles. The molecule has 2 heteroatoms. The molecular weight excluding hydrogens is 154 g/mol. The summed E-state index contributed by atoms with van der Waals surface area (Å²) >= 11 is 1.71. The monoisotopic (exact) mass is 167 g/mol. The van der Waals surface area contributed by atoms with Crippen LogP contribution in [0, 0.1) is 0 Å². The van der Waals surface area contributed by atoms with Gasteiger partial charge in [0.2, 0.25) is 0 Å². The third kappa shape index (κ3) is 1.90. The van der Waals surface area contributed by atoms with Crippen molar-refractivity contribution >= 4 is 17.4 Å². The molecule has 1 nitrogen and oxygen atoms in total. The van der Waals surface area contributed by atoms with Gasteiger partial charge in [0.25, 0.3) is 0 Å². The van der Waals surface area contributed by atoms with Crippen LogP contribution in [0.1, 0.15) is 30.7 Å². The second-order valence-corrected chi connectivity index (χ2v) is 4.58. The van der Waals surface area contributed by atoms with Crippen LogP contribution in [-0.4, -0.2) is 4.98 Å². The summed E-state index contributed by atoms with van der Waals surface area (Å²) in [6.45, 7) is 10.2. The van der Waals surface area contributed by atoms with Crippen molar-refractivity contribution in [3.05, 3.63) is 22.7 Å². The lowest BCUT2D eigenvalue weighted by atomic mass is 9.96. The summed E-state index contributed by atoms with van der Waals surface area (Å²) in [6, 6.07) is 0. The average molecular weight is 167 g/mol. The molecule has 0 aliphatic heterocycles. The Morgan fingerprint density at radius 2 is 2.18 bits per heavy atom. The first-order valence-electron chi connectivity index (χ1n) is 3.63. The zero-order chi connectivity index (χ0) is 8.48. The fraction of sp³-hybridized carbons (Fsp3) is 0.444. The Morgan fingerprint density at radius 1 is 1.55 bits per heavy atom. The van der Waals surface area contributed by atoms with Gasteiger partial charge in [-0.15, -0.1) is 11.3 Å². The Kier molecular flexibility index (Phi) is 2.14. The van der Waals surface area contributed by atoms with E-state index in [1.807, 2.05) is 6.20 Å². The van der Waals surface area contributed by atoms with Crippen molar-refractivity contribution in [2.75, 3.05) is 0 Å². The molecule has 1 aromatic rings. The van der Waals surface area contributed by atoms with E-state index in [4.69, 9.17) is 0 Å². The van der Waals surface area contributed by atoms with Gasteiger partial charge in [0, 0.05) is 11.1 Å². The maximum atomic E-state index is 4.20. The molecule has 0 aliphatic carbocycles. The quantitative estimate of drug-likeness (QED) is 0.626. The van der Waals surface area contributed by atoms with E-state index in [1.54, 1.807) is 17.4 Å². The van der Waals surface area contributed by atoms with Crippen molar-refractivity contribution in [1.82, 2.24) is 4.98 Å². The van der Waals surface area contributed by atoms with Gasteiger partial charge in [-0.2, -0.15) is 0 Å². The first kappa shape index (κ1) is 8.47. The summed E-state index contributed by atoms with van der Waals surface area (Å²) in [7, 11) is 0. The van der Waals surface area contributed by atoms with Crippen LogP contribution in [-0.2, 0) is 5.41 Å². The molecular formula is C9H13NS. The summed E-state index contributed by atoms with van der Waals surface area (Å²) in [5, 5.41) is 1.01. The Balaban J connectivity index is 2.98. The van der Waals surface area contributed by atoms with Crippen LogP contribution in [0.5, 0.6) is 0 Å². The first-order valence-corrected chi connectivity index (χ1v) is 4.44. The molecule has 0 amide bonds. The minimum absolute atomic E-state index is 0.221. The minimum Gasteiger partial charge on any atom is -0.245 e. The number of aromatic nitrogens is 1. The largest absolute Gasteiger partial charge is 0.245 e. The highest BCUT2D eigenvalue weighted by Gasteiger charge is 2.15. The minimum atomic E-state index is 0.221. The van der Waals surface area contributed by atoms with Gasteiger partial charge in [-0.05, 0) is 11.5 Å². The second-order valence-electron chi connectivity index (χ2n) is 3.52. The van der Waals surface area contributed by atoms with Gasteiger partial charge >= 0.3 is 0 Å². The summed E-state index contributed by atoms with van der Waals surface area (Å²) < 4.78 is 0. The molecule has 11 heavy (non-hydrogen) atoms. The van der Waals surface area contributed by atoms with Gasteiger partial charge in [-0.25, -0.2) is 4.98 Å². The van der Waals surface area contributed by atoms with E-state index in [1.165, 1.54) is 4.88 Å². The lowest BCUT2D eigenvalue weighted by Crippen LogP contribution is -2.07. The van der Waals surface area contributed by atoms with E-state index >= 15 is 0 Å². The maximum Gasteiger partial charge on any atom is 0.115 e. The smallest absolute Gasteiger partial charge is 0.115 e. The number of hydrogen-bond donors (Lipinski definition) is 0. The molecule has 0 N–H and O–H groups in total. The number of hydrogen-bond acceptors (Lipinski definition) is 2. The summed E-state index contributed by atoms with van der Waals surface area (Å²) in [4.78, 5) is 5.51. The van der Waals surface area contributed by atoms with Crippen molar-refractivity contribution in [1.29, 1.82) is 0 Å². The standard InChI is InChI=1S/C9H13NS/c1-5-8-10-6-7(11-8)9(2,3)4/h5-6H,1H2,2-4H3. The summed E-state index contributed by atoms with van der Waals surface area (Å²) in [5.74, 6) is 0. The van der Waals surface area contributed by atoms with Crippen molar-refractivity contribution in [2.24, 2.45) is 0 Å². The van der Waals surface area contributed by atoms with Gasteiger partial charge in [-0.3, -0.25) is 0 Å². The van der Waals surface area contributed by atoms with Crippen molar-refractivity contribution in [3.63, 3.8) is 0 Å². The predicted octanol–water partition coefficient (Wildman–Crippen LogP) is 3.08. The van der Waals surface area contributed by atoms with Crippen LogP contribution < -0.4 is 0 Å². The summed E-state index contributed by atoms with van der Waals surface area (Å²) in [5.41, 5.74) is 0.221. The Bertz CT molecular complexity index is 255. The van der Waals surface area contributed by atoms with Crippen LogP contribution in [0.15, 0.2) is 12.8 Å². The molecule has 0 aromatic carbocycles. The zero-order valence-electron chi connectivity index (χ0n) is 7.22. The van der Waals surface area contributed by atoms with Crippen LogP contribution in [0.4, 0.5) is 0 Å². The van der Waals surface area contributed by atoms with Crippen molar-refractivity contribution in [2.45, 2.75) is 26.2 Å². The van der Waals surface area contributed by atoms with E-state index in [0.29, 0.717) is 0 Å².